The first-order valence-electron chi connectivity index (χ1n) is 26.5. The largest absolute Gasteiger partial charge is 0.386 e. The summed E-state index contributed by atoms with van der Waals surface area (Å²) in [6.07, 6.45) is 6.39. The second-order valence-corrected chi connectivity index (χ2v) is 22.0. The Kier molecular flexibility index (Phi) is 13.9. The van der Waals surface area contributed by atoms with Crippen molar-refractivity contribution in [2.45, 2.75) is 104 Å². The van der Waals surface area contributed by atoms with E-state index in [4.69, 9.17) is 28.5 Å². The van der Waals surface area contributed by atoms with Crippen LogP contribution < -0.4 is 0 Å². The molecule has 0 aliphatic carbocycles. The van der Waals surface area contributed by atoms with Gasteiger partial charge in [0.15, 0.2) is 0 Å². The van der Waals surface area contributed by atoms with E-state index >= 15 is 8.78 Å². The fourth-order valence-electron chi connectivity index (χ4n) is 12.0. The highest BCUT2D eigenvalue weighted by Gasteiger charge is 2.35. The lowest BCUT2D eigenvalue weighted by Gasteiger charge is -2.33. The van der Waals surface area contributed by atoms with Gasteiger partial charge in [-0.25, -0.2) is 17.6 Å². The van der Waals surface area contributed by atoms with Crippen molar-refractivity contribution >= 4 is 43.9 Å². The van der Waals surface area contributed by atoms with Crippen molar-refractivity contribution in [2.24, 2.45) is 11.8 Å². The van der Waals surface area contributed by atoms with Gasteiger partial charge in [-0.1, -0.05) is 34.6 Å². The lowest BCUT2D eigenvalue weighted by molar-refractivity contribution is 0.0547. The van der Waals surface area contributed by atoms with Crippen LogP contribution in [-0.2, 0) is 20.7 Å². The summed E-state index contributed by atoms with van der Waals surface area (Å²) in [6.45, 7) is 16.6. The van der Waals surface area contributed by atoms with E-state index in [1.165, 1.54) is 24.3 Å². The topological polar surface area (TPSA) is 147 Å². The smallest absolute Gasteiger partial charge is 0.141 e. The molecule has 0 spiro atoms. The summed E-state index contributed by atoms with van der Waals surface area (Å²) >= 11 is 0. The summed E-state index contributed by atoms with van der Waals surface area (Å²) in [5.74, 6) is -0.570. The maximum atomic E-state index is 15.6. The number of pyridine rings is 2. The van der Waals surface area contributed by atoms with Crippen molar-refractivity contribution in [3.05, 3.63) is 166 Å². The molecule has 8 heterocycles. The molecule has 4 aromatic carbocycles. The van der Waals surface area contributed by atoms with E-state index in [9.17, 15) is 19.0 Å². The summed E-state index contributed by atoms with van der Waals surface area (Å²) in [5.41, 5.74) is 9.37. The molecule has 2 fully saturated rings. The minimum atomic E-state index is -1.09. The maximum absolute atomic E-state index is 15.6. The summed E-state index contributed by atoms with van der Waals surface area (Å²) in [4.78, 5) is 9.75. The van der Waals surface area contributed by atoms with Crippen LogP contribution in [-0.4, -0.2) is 66.1 Å². The Hall–Kier alpha value is -7.24. The average molecular weight is 1060 g/mol. The van der Waals surface area contributed by atoms with Gasteiger partial charge in [-0.15, -0.1) is 0 Å². The number of benzene rings is 4. The Morgan fingerprint density at radius 3 is 1.24 bits per heavy atom. The predicted molar refractivity (Wildman–Crippen MR) is 291 cm³/mol. The average Bonchev–Trinajstić information content (AvgIpc) is 4.36. The van der Waals surface area contributed by atoms with Crippen molar-refractivity contribution in [1.29, 1.82) is 0 Å². The molecule has 2 aliphatic heterocycles. The van der Waals surface area contributed by atoms with E-state index in [2.05, 4.69) is 19.4 Å². The highest BCUT2D eigenvalue weighted by atomic mass is 19.1. The molecule has 2 N–H and O–H groups in total. The van der Waals surface area contributed by atoms with Crippen molar-refractivity contribution in [1.82, 2.24) is 29.4 Å². The van der Waals surface area contributed by atoms with Crippen LogP contribution in [0.1, 0.15) is 111 Å². The van der Waals surface area contributed by atoms with E-state index in [1.54, 1.807) is 40.1 Å². The maximum Gasteiger partial charge on any atom is 0.141 e. The Labute approximate surface area is 448 Å². The molecular formula is C62H62F4N6O6. The Balaban J connectivity index is 0.000000165. The number of halogens is 4. The number of nitrogens with zero attached hydrogens (tertiary/aromatic N) is 6. The minimum Gasteiger partial charge on any atom is -0.386 e. The first kappa shape index (κ1) is 52.8. The Morgan fingerprint density at radius 1 is 0.513 bits per heavy atom. The molecule has 0 radical (unpaired) electrons. The minimum absolute atomic E-state index is 0.0117. The molecule has 10 aromatic rings. The highest BCUT2D eigenvalue weighted by Crippen LogP contribution is 2.46. The normalized spacial score (nSPS) is 15.9. The van der Waals surface area contributed by atoms with Gasteiger partial charge in [0.25, 0.3) is 0 Å². The molecule has 0 bridgehead atoms. The van der Waals surface area contributed by atoms with Gasteiger partial charge in [-0.2, -0.15) is 0 Å². The van der Waals surface area contributed by atoms with E-state index in [1.807, 2.05) is 76.2 Å². The van der Waals surface area contributed by atoms with E-state index in [-0.39, 0.29) is 23.0 Å². The lowest BCUT2D eigenvalue weighted by atomic mass is 9.86. The van der Waals surface area contributed by atoms with Crippen LogP contribution in [0, 0.1) is 62.8 Å². The number of fused-ring (bicyclic) bond motifs is 6. The van der Waals surface area contributed by atoms with E-state index < -0.39 is 46.6 Å². The first-order valence-corrected chi connectivity index (χ1v) is 26.5. The molecule has 12 nitrogen and oxygen atoms in total. The highest BCUT2D eigenvalue weighted by molar-refractivity contribution is 6.08. The zero-order valence-corrected chi connectivity index (χ0v) is 44.9. The molecule has 0 amide bonds. The van der Waals surface area contributed by atoms with Crippen molar-refractivity contribution in [3.63, 3.8) is 0 Å². The van der Waals surface area contributed by atoms with Crippen LogP contribution in [0.2, 0.25) is 0 Å². The van der Waals surface area contributed by atoms with Crippen LogP contribution in [0.25, 0.3) is 66.1 Å². The summed E-state index contributed by atoms with van der Waals surface area (Å²) in [7, 11) is 0. The van der Waals surface area contributed by atoms with Gasteiger partial charge in [0.2, 0.25) is 0 Å². The first-order chi connectivity index (χ1) is 37.3. The molecular weight excluding hydrogens is 1000 g/mol. The molecule has 2 unspecified atom stereocenters. The van der Waals surface area contributed by atoms with Gasteiger partial charge in [0, 0.05) is 83.0 Å². The van der Waals surface area contributed by atoms with Crippen molar-refractivity contribution in [3.8, 4) is 22.3 Å². The number of hydrogen-bond donors (Lipinski definition) is 2. The summed E-state index contributed by atoms with van der Waals surface area (Å²) in [5, 5.41) is 31.7. The molecule has 2 atom stereocenters. The molecule has 12 rings (SSSR count). The number of hydrogen-bond acceptors (Lipinski definition) is 10. The van der Waals surface area contributed by atoms with Gasteiger partial charge >= 0.3 is 0 Å². The molecule has 6 aromatic heterocycles. The van der Waals surface area contributed by atoms with Crippen molar-refractivity contribution < 1.29 is 46.3 Å². The van der Waals surface area contributed by atoms with E-state index in [0.717, 1.165) is 101 Å². The monoisotopic (exact) mass is 1060 g/mol. The van der Waals surface area contributed by atoms with Crippen LogP contribution in [0.5, 0.6) is 0 Å². The fourth-order valence-corrected chi connectivity index (χ4v) is 12.0. The molecule has 78 heavy (non-hydrogen) atoms. The third-order valence-corrected chi connectivity index (χ3v) is 15.9. The molecule has 404 valence electrons. The third kappa shape index (κ3) is 9.66. The Bertz CT molecular complexity index is 3600. The number of rotatable bonds is 10. The number of aromatic nitrogens is 6. The second-order valence-electron chi connectivity index (χ2n) is 22.0. The summed E-state index contributed by atoms with van der Waals surface area (Å²) < 4.78 is 86.7. The molecule has 2 aliphatic rings. The number of aryl methyl sites for hydroxylation is 4. The second kappa shape index (κ2) is 20.5. The third-order valence-electron chi connectivity index (χ3n) is 15.9. The quantitative estimate of drug-likeness (QED) is 0.127. The molecule has 2 saturated heterocycles. The summed E-state index contributed by atoms with van der Waals surface area (Å²) in [6, 6.07) is 21.9. The van der Waals surface area contributed by atoms with Gasteiger partial charge < -0.3 is 37.9 Å². The van der Waals surface area contributed by atoms with Gasteiger partial charge in [0.05, 0.1) is 67.8 Å². The van der Waals surface area contributed by atoms with Gasteiger partial charge in [-0.3, -0.25) is 9.97 Å². The Morgan fingerprint density at radius 2 is 0.897 bits per heavy atom. The predicted octanol–water partition coefficient (Wildman–Crippen LogP) is 14.0. The van der Waals surface area contributed by atoms with Crippen LogP contribution >= 0.6 is 0 Å². The van der Waals surface area contributed by atoms with E-state index in [0.29, 0.717) is 63.6 Å². The van der Waals surface area contributed by atoms with Crippen LogP contribution in [0.3, 0.4) is 0 Å². The SMILES string of the molecule is Cc1noc(C)c1-c1cnc2c3ccc(C(C)(C)O)cc3n(C(c3cc(F)ccc3F)C3CCOCC3)c2c1.Cc1noc(C)c1-c1cnc2c3ccc(C(C)(C)O)cc3n(C(c3cc(F)ccc3F)C3CCOCC3)c2c1. The lowest BCUT2D eigenvalue weighted by Crippen LogP contribution is -2.28. The van der Waals surface area contributed by atoms with Gasteiger partial charge in [0.1, 0.15) is 34.8 Å². The molecule has 16 heteroatoms. The van der Waals surface area contributed by atoms with Crippen LogP contribution in [0.15, 0.2) is 106 Å². The zero-order valence-electron chi connectivity index (χ0n) is 44.9. The number of ether oxygens (including phenoxy) is 2. The number of aliphatic hydroxyl groups is 2. The van der Waals surface area contributed by atoms with Gasteiger partial charge in [-0.05, 0) is 165 Å². The van der Waals surface area contributed by atoms with Crippen LogP contribution in [0.4, 0.5) is 17.6 Å². The standard InChI is InChI=1S/2C31H31F2N3O3/c2*1-17-28(18(2)39-35-17)20-13-27-29(34-16-20)23-7-5-21(31(3,4)37)14-26(23)36(27)30(19-9-11-38-12-10-19)24-15-22(32)6-8-25(24)33/h2*5-8,13-16,19,30,37H,9-12H2,1-4H3. The molecule has 0 saturated carbocycles. The zero-order chi connectivity index (χ0) is 54.9. The fraction of sp³-hybridized carbons (Fsp3) is 0.355. The van der Waals surface area contributed by atoms with Crippen molar-refractivity contribution in [2.75, 3.05) is 26.4 Å².